The number of nitrogens with zero attached hydrogens (tertiary/aromatic N) is 3. The van der Waals surface area contributed by atoms with Gasteiger partial charge in [-0.3, -0.25) is 14.2 Å². The molecule has 2 heterocycles. The molecule has 0 radical (unpaired) electrons. The first-order valence-corrected chi connectivity index (χ1v) is 11.6. The summed E-state index contributed by atoms with van der Waals surface area (Å²) in [6.07, 6.45) is 0. The van der Waals surface area contributed by atoms with Crippen molar-refractivity contribution >= 4 is 45.3 Å². The van der Waals surface area contributed by atoms with E-state index in [2.05, 4.69) is 5.32 Å². The van der Waals surface area contributed by atoms with E-state index in [1.807, 2.05) is 36.7 Å². The van der Waals surface area contributed by atoms with Gasteiger partial charge < -0.3 is 24.1 Å². The molecule has 10 heteroatoms. The number of aryl methyl sites for hydroxylation is 1. The number of anilines is 1. The van der Waals surface area contributed by atoms with Crippen molar-refractivity contribution in [1.29, 1.82) is 0 Å². The van der Waals surface area contributed by atoms with E-state index in [0.29, 0.717) is 45.7 Å². The molecule has 0 bridgehead atoms. The lowest BCUT2D eigenvalue weighted by molar-refractivity contribution is -0.113. The Morgan fingerprint density at radius 1 is 1.06 bits per heavy atom. The molecule has 178 valence electrons. The Morgan fingerprint density at radius 3 is 2.44 bits per heavy atom. The zero-order valence-corrected chi connectivity index (χ0v) is 20.5. The first kappa shape index (κ1) is 23.5. The van der Waals surface area contributed by atoms with Crippen LogP contribution in [0.2, 0.25) is 0 Å². The smallest absolute Gasteiger partial charge is 0.278 e. The van der Waals surface area contributed by atoms with Gasteiger partial charge in [-0.05, 0) is 37.3 Å². The van der Waals surface area contributed by atoms with Crippen LogP contribution in [0, 0.1) is 0 Å². The molecule has 34 heavy (non-hydrogen) atoms. The molecule has 4 aromatic rings. The summed E-state index contributed by atoms with van der Waals surface area (Å²) in [6, 6.07) is 10.8. The largest absolute Gasteiger partial charge is 0.497 e. The monoisotopic (exact) mass is 482 g/mol. The predicted octanol–water partition coefficient (Wildman–Crippen LogP) is 3.66. The Bertz CT molecular complexity index is 1440. The fourth-order valence-electron chi connectivity index (χ4n) is 3.87. The van der Waals surface area contributed by atoms with Crippen molar-refractivity contribution in [3.05, 3.63) is 46.8 Å². The number of hydrogen-bond donors (Lipinski definition) is 1. The Morgan fingerprint density at radius 2 is 1.76 bits per heavy atom. The summed E-state index contributed by atoms with van der Waals surface area (Å²) in [5.74, 6) is 1.63. The second-order valence-electron chi connectivity index (χ2n) is 7.49. The third-order valence-electron chi connectivity index (χ3n) is 5.60. The van der Waals surface area contributed by atoms with Gasteiger partial charge in [0.15, 0.2) is 5.16 Å². The topological polar surface area (TPSA) is 96.6 Å². The van der Waals surface area contributed by atoms with E-state index < -0.39 is 0 Å². The minimum Gasteiger partial charge on any atom is -0.497 e. The van der Waals surface area contributed by atoms with E-state index in [-0.39, 0.29) is 17.2 Å². The number of nitrogens with one attached hydrogen (secondary N) is 1. The number of carbonyl (C=O) groups excluding carboxylic acids is 1. The van der Waals surface area contributed by atoms with Crippen LogP contribution in [0.1, 0.15) is 6.92 Å². The molecule has 9 nitrogen and oxygen atoms in total. The maximum Gasteiger partial charge on any atom is 0.278 e. The van der Waals surface area contributed by atoms with Crippen LogP contribution >= 0.6 is 11.8 Å². The van der Waals surface area contributed by atoms with Gasteiger partial charge in [0.05, 0.1) is 38.3 Å². The highest BCUT2D eigenvalue weighted by Crippen LogP contribution is 2.31. The Hall–Kier alpha value is -3.66. The Kier molecular flexibility index (Phi) is 6.69. The van der Waals surface area contributed by atoms with Gasteiger partial charge in [-0.2, -0.15) is 0 Å². The second-order valence-corrected chi connectivity index (χ2v) is 8.43. The molecule has 0 unspecified atom stereocenters. The molecule has 0 aliphatic rings. The number of rotatable bonds is 8. The summed E-state index contributed by atoms with van der Waals surface area (Å²) in [5.41, 5.74) is 2.37. The Balaban J connectivity index is 1.66. The lowest BCUT2D eigenvalue weighted by atomic mass is 10.2. The molecular weight excluding hydrogens is 456 g/mol. The first-order chi connectivity index (χ1) is 16.4. The van der Waals surface area contributed by atoms with Crippen molar-refractivity contribution in [1.82, 2.24) is 14.1 Å². The number of ether oxygens (including phenoxy) is 3. The van der Waals surface area contributed by atoms with Crippen molar-refractivity contribution in [3.63, 3.8) is 0 Å². The van der Waals surface area contributed by atoms with Gasteiger partial charge in [0.25, 0.3) is 5.56 Å². The number of thioether (sulfide) groups is 1. The van der Waals surface area contributed by atoms with Gasteiger partial charge in [0.1, 0.15) is 28.3 Å². The quantitative estimate of drug-likeness (QED) is 0.302. The van der Waals surface area contributed by atoms with E-state index in [1.165, 1.54) is 18.9 Å². The number of carbonyl (C=O) groups is 1. The molecule has 0 fully saturated rings. The molecule has 4 rings (SSSR count). The molecule has 0 atom stereocenters. The number of hydrogen-bond acceptors (Lipinski definition) is 7. The summed E-state index contributed by atoms with van der Waals surface area (Å²) in [7, 11) is 6.54. The summed E-state index contributed by atoms with van der Waals surface area (Å²) >= 11 is 1.21. The first-order valence-electron chi connectivity index (χ1n) is 10.6. The van der Waals surface area contributed by atoms with Crippen molar-refractivity contribution in [2.75, 3.05) is 32.4 Å². The number of methoxy groups -OCH3 is 3. The maximum atomic E-state index is 13.3. The molecule has 0 saturated heterocycles. The lowest BCUT2D eigenvalue weighted by Gasteiger charge is -2.13. The minimum absolute atomic E-state index is 0.0707. The number of aromatic nitrogens is 3. The summed E-state index contributed by atoms with van der Waals surface area (Å²) < 4.78 is 19.3. The lowest BCUT2D eigenvalue weighted by Crippen LogP contribution is -2.24. The Labute approximate surface area is 200 Å². The third-order valence-corrected chi connectivity index (χ3v) is 6.57. The van der Waals surface area contributed by atoms with E-state index >= 15 is 0 Å². The summed E-state index contributed by atoms with van der Waals surface area (Å²) in [5, 5.41) is 4.15. The maximum absolute atomic E-state index is 13.3. The van der Waals surface area contributed by atoms with Gasteiger partial charge in [-0.15, -0.1) is 0 Å². The standard InChI is InChI=1S/C24H26N4O5S/c1-6-28-23(30)22-21(16-11-14(31-3)8-10-18(16)27(22)2)26-24(28)34-13-20(29)25-17-9-7-15(32-4)12-19(17)33-5/h7-12H,6,13H2,1-5H3,(H,25,29). The van der Waals surface area contributed by atoms with Crippen LogP contribution < -0.4 is 25.1 Å². The zero-order valence-electron chi connectivity index (χ0n) is 19.7. The summed E-state index contributed by atoms with van der Waals surface area (Å²) in [4.78, 5) is 30.8. The fraction of sp³-hybridized carbons (Fsp3) is 0.292. The SMILES string of the molecule is CCn1c(SCC(=O)Nc2ccc(OC)cc2OC)nc2c3cc(OC)ccc3n(C)c2c1=O. The molecule has 1 N–H and O–H groups in total. The molecule has 1 amide bonds. The van der Waals surface area contributed by atoms with Crippen LogP contribution in [0.25, 0.3) is 21.9 Å². The number of amides is 1. The molecule has 2 aromatic carbocycles. The highest BCUT2D eigenvalue weighted by atomic mass is 32.2. The van der Waals surface area contributed by atoms with Crippen LogP contribution in [0.5, 0.6) is 17.2 Å². The number of fused-ring (bicyclic) bond motifs is 3. The van der Waals surface area contributed by atoms with Crippen LogP contribution in [-0.2, 0) is 18.4 Å². The third kappa shape index (κ3) is 4.16. The highest BCUT2D eigenvalue weighted by molar-refractivity contribution is 7.99. The van der Waals surface area contributed by atoms with Crippen LogP contribution in [-0.4, -0.2) is 47.1 Å². The van der Waals surface area contributed by atoms with Gasteiger partial charge in [0.2, 0.25) is 5.91 Å². The van der Waals surface area contributed by atoms with Gasteiger partial charge in [0, 0.05) is 25.0 Å². The van der Waals surface area contributed by atoms with Crippen molar-refractivity contribution in [3.8, 4) is 17.2 Å². The van der Waals surface area contributed by atoms with E-state index in [0.717, 1.165) is 10.9 Å². The van der Waals surface area contributed by atoms with Gasteiger partial charge in [-0.25, -0.2) is 4.98 Å². The molecule has 0 aliphatic heterocycles. The van der Waals surface area contributed by atoms with Crippen LogP contribution in [0.4, 0.5) is 5.69 Å². The van der Waals surface area contributed by atoms with Crippen molar-refractivity contribution in [2.45, 2.75) is 18.6 Å². The molecule has 0 saturated carbocycles. The van der Waals surface area contributed by atoms with E-state index in [9.17, 15) is 9.59 Å². The van der Waals surface area contributed by atoms with Crippen molar-refractivity contribution in [2.24, 2.45) is 7.05 Å². The second kappa shape index (κ2) is 9.68. The molecule has 2 aromatic heterocycles. The molecule has 0 aliphatic carbocycles. The normalized spacial score (nSPS) is 11.1. The van der Waals surface area contributed by atoms with Crippen LogP contribution in [0.15, 0.2) is 46.3 Å². The molecular formula is C24H26N4O5S. The minimum atomic E-state index is -0.245. The van der Waals surface area contributed by atoms with Crippen LogP contribution in [0.3, 0.4) is 0 Å². The average Bonchev–Trinajstić information content (AvgIpc) is 3.14. The van der Waals surface area contributed by atoms with E-state index in [4.69, 9.17) is 19.2 Å². The summed E-state index contributed by atoms with van der Waals surface area (Å²) in [6.45, 7) is 2.32. The predicted molar refractivity (Wildman–Crippen MR) is 134 cm³/mol. The van der Waals surface area contributed by atoms with Gasteiger partial charge in [-0.1, -0.05) is 11.8 Å². The van der Waals surface area contributed by atoms with E-state index in [1.54, 1.807) is 37.0 Å². The number of benzene rings is 2. The highest BCUT2D eigenvalue weighted by Gasteiger charge is 2.19. The average molecular weight is 483 g/mol. The van der Waals surface area contributed by atoms with Gasteiger partial charge >= 0.3 is 0 Å². The van der Waals surface area contributed by atoms with Crippen molar-refractivity contribution < 1.29 is 19.0 Å². The zero-order chi connectivity index (χ0) is 24.4. The molecule has 0 spiro atoms. The fourth-order valence-corrected chi connectivity index (χ4v) is 4.72.